The molecule has 1 atom stereocenters. The van der Waals surface area contributed by atoms with Gasteiger partial charge in [-0.05, 0) is 57.6 Å². The highest BCUT2D eigenvalue weighted by Gasteiger charge is 2.38. The zero-order valence-corrected chi connectivity index (χ0v) is 17.2. The molecule has 29 heavy (non-hydrogen) atoms. The maximum absolute atomic E-state index is 13.4. The van der Waals surface area contributed by atoms with Crippen molar-refractivity contribution in [1.82, 2.24) is 25.2 Å². The van der Waals surface area contributed by atoms with Crippen molar-refractivity contribution in [3.8, 4) is 0 Å². The number of fused-ring (bicyclic) bond motifs is 1. The molecule has 3 aliphatic heterocycles. The number of hydrogen-bond acceptors (Lipinski definition) is 5. The number of aromatic amines is 1. The highest BCUT2D eigenvalue weighted by molar-refractivity contribution is 5.96. The molecular weight excluding hydrogens is 364 g/mol. The van der Waals surface area contributed by atoms with Crippen molar-refractivity contribution in [2.45, 2.75) is 57.4 Å². The van der Waals surface area contributed by atoms with Gasteiger partial charge in [0.1, 0.15) is 17.8 Å². The van der Waals surface area contributed by atoms with E-state index in [0.717, 1.165) is 73.4 Å². The van der Waals surface area contributed by atoms with E-state index in [1.54, 1.807) is 6.33 Å². The lowest BCUT2D eigenvalue weighted by molar-refractivity contribution is -0.130. The predicted molar refractivity (Wildman–Crippen MR) is 114 cm³/mol. The van der Waals surface area contributed by atoms with Crippen LogP contribution in [0.2, 0.25) is 0 Å². The summed E-state index contributed by atoms with van der Waals surface area (Å²) < 4.78 is 0. The molecule has 0 saturated carbocycles. The summed E-state index contributed by atoms with van der Waals surface area (Å²) in [5.41, 5.74) is 3.02. The van der Waals surface area contributed by atoms with Crippen molar-refractivity contribution in [1.29, 1.82) is 0 Å². The quantitative estimate of drug-likeness (QED) is 0.819. The van der Waals surface area contributed by atoms with Crippen LogP contribution < -0.4 is 10.2 Å². The van der Waals surface area contributed by atoms with Gasteiger partial charge in [0.15, 0.2) is 0 Å². The number of aromatic nitrogens is 3. The van der Waals surface area contributed by atoms with Crippen molar-refractivity contribution >= 4 is 22.8 Å². The second-order valence-electron chi connectivity index (χ2n) is 8.84. The number of piperidine rings is 2. The standard InChI is InChI=1S/C22H30N6O/c1-16-12-23-19-18(16)20(25-15-24-19)27-10-4-6-17(13-27)21(29)28-11-5-8-22(14-28)7-2-3-9-26-22/h12-13,15,26H,2-11,14H2,1H3,(H,23,24,25). The first-order valence-corrected chi connectivity index (χ1v) is 11.0. The van der Waals surface area contributed by atoms with Gasteiger partial charge in [-0.1, -0.05) is 6.42 Å². The number of likely N-dealkylation sites (tertiary alicyclic amines) is 1. The summed E-state index contributed by atoms with van der Waals surface area (Å²) in [5, 5.41) is 4.78. The highest BCUT2D eigenvalue weighted by atomic mass is 16.2. The van der Waals surface area contributed by atoms with Crippen LogP contribution in [0.25, 0.3) is 11.0 Å². The molecule has 1 amide bonds. The zero-order valence-electron chi connectivity index (χ0n) is 17.2. The number of rotatable bonds is 2. The summed E-state index contributed by atoms with van der Waals surface area (Å²) in [4.78, 5) is 29.7. The summed E-state index contributed by atoms with van der Waals surface area (Å²) in [6.07, 6.45) is 13.4. The Labute approximate surface area is 171 Å². The molecule has 5 rings (SSSR count). The maximum atomic E-state index is 13.4. The van der Waals surface area contributed by atoms with Crippen molar-refractivity contribution < 1.29 is 4.79 Å². The fraction of sp³-hybridized carbons (Fsp3) is 0.591. The minimum atomic E-state index is 0.141. The van der Waals surface area contributed by atoms with Crippen molar-refractivity contribution in [3.63, 3.8) is 0 Å². The number of nitrogens with one attached hydrogen (secondary N) is 2. The topological polar surface area (TPSA) is 77.2 Å². The third-order valence-electron chi connectivity index (χ3n) is 6.80. The fourth-order valence-corrected chi connectivity index (χ4v) is 5.29. The molecule has 0 bridgehead atoms. The highest BCUT2D eigenvalue weighted by Crippen LogP contribution is 2.32. The van der Waals surface area contributed by atoms with E-state index in [4.69, 9.17) is 0 Å². The summed E-state index contributed by atoms with van der Waals surface area (Å²) in [6, 6.07) is 0. The number of amides is 1. The van der Waals surface area contributed by atoms with Crippen LogP contribution in [0.1, 0.15) is 50.5 Å². The first kappa shape index (κ1) is 18.6. The van der Waals surface area contributed by atoms with Gasteiger partial charge < -0.3 is 20.1 Å². The summed E-state index contributed by atoms with van der Waals surface area (Å²) >= 11 is 0. The SMILES string of the molecule is Cc1c[nH]c2ncnc(N3C=C(C(=O)N4CCCC5(CCCCN5)C4)CCC3)c12. The number of carbonyl (C=O) groups excluding carboxylic acids is 1. The molecule has 3 aliphatic rings. The van der Waals surface area contributed by atoms with Gasteiger partial charge in [-0.2, -0.15) is 0 Å². The number of aryl methyl sites for hydroxylation is 1. The molecule has 2 aromatic heterocycles. The van der Waals surface area contributed by atoms with E-state index >= 15 is 0 Å². The molecule has 154 valence electrons. The monoisotopic (exact) mass is 394 g/mol. The molecule has 2 N–H and O–H groups in total. The van der Waals surface area contributed by atoms with Crippen LogP contribution in [0.5, 0.6) is 0 Å². The number of carbonyl (C=O) groups is 1. The largest absolute Gasteiger partial charge is 0.346 e. The van der Waals surface area contributed by atoms with E-state index in [0.29, 0.717) is 0 Å². The van der Waals surface area contributed by atoms with Crippen LogP contribution in [0.15, 0.2) is 24.3 Å². The van der Waals surface area contributed by atoms with Crippen molar-refractivity contribution in [2.75, 3.05) is 31.1 Å². The van der Waals surface area contributed by atoms with Crippen LogP contribution in [0, 0.1) is 6.92 Å². The third kappa shape index (κ3) is 3.41. The fourth-order valence-electron chi connectivity index (χ4n) is 5.29. The van der Waals surface area contributed by atoms with Gasteiger partial charge in [-0.25, -0.2) is 9.97 Å². The number of anilines is 1. The first-order valence-electron chi connectivity index (χ1n) is 11.0. The Morgan fingerprint density at radius 2 is 2.03 bits per heavy atom. The molecule has 0 aromatic carbocycles. The molecule has 7 nitrogen and oxygen atoms in total. The summed E-state index contributed by atoms with van der Waals surface area (Å²) in [6.45, 7) is 5.74. The predicted octanol–water partition coefficient (Wildman–Crippen LogP) is 2.89. The molecule has 7 heteroatoms. The Kier molecular flexibility index (Phi) is 4.78. The molecule has 1 spiro atoms. The first-order chi connectivity index (χ1) is 14.2. The number of hydrogen-bond donors (Lipinski definition) is 2. The van der Waals surface area contributed by atoms with E-state index in [-0.39, 0.29) is 11.4 Å². The lowest BCUT2D eigenvalue weighted by atomic mass is 9.81. The Bertz CT molecular complexity index is 936. The minimum Gasteiger partial charge on any atom is -0.346 e. The summed E-state index contributed by atoms with van der Waals surface area (Å²) in [5.74, 6) is 1.10. The molecule has 5 heterocycles. The van der Waals surface area contributed by atoms with E-state index in [1.165, 1.54) is 25.7 Å². The summed E-state index contributed by atoms with van der Waals surface area (Å²) in [7, 11) is 0. The van der Waals surface area contributed by atoms with E-state index < -0.39 is 0 Å². The van der Waals surface area contributed by atoms with Gasteiger partial charge in [0.05, 0.1) is 5.39 Å². The van der Waals surface area contributed by atoms with Crippen molar-refractivity contribution in [2.24, 2.45) is 0 Å². The van der Waals surface area contributed by atoms with Gasteiger partial charge >= 0.3 is 0 Å². The molecule has 0 radical (unpaired) electrons. The second-order valence-corrected chi connectivity index (χ2v) is 8.84. The molecule has 1 unspecified atom stereocenters. The Hall–Kier alpha value is -2.41. The Balaban J connectivity index is 1.39. The van der Waals surface area contributed by atoms with E-state index in [2.05, 4.69) is 37.0 Å². The average molecular weight is 395 g/mol. The van der Waals surface area contributed by atoms with Crippen LogP contribution in [-0.4, -0.2) is 57.5 Å². The van der Waals surface area contributed by atoms with Gasteiger partial charge in [0, 0.05) is 43.1 Å². The van der Waals surface area contributed by atoms with Gasteiger partial charge in [-0.15, -0.1) is 0 Å². The molecule has 2 saturated heterocycles. The smallest absolute Gasteiger partial charge is 0.251 e. The molecule has 2 aromatic rings. The molecular formula is C22H30N6O. The van der Waals surface area contributed by atoms with Crippen molar-refractivity contribution in [3.05, 3.63) is 29.9 Å². The zero-order chi connectivity index (χ0) is 19.8. The Morgan fingerprint density at radius 1 is 1.14 bits per heavy atom. The van der Waals surface area contributed by atoms with Gasteiger partial charge in [0.25, 0.3) is 5.91 Å². The van der Waals surface area contributed by atoms with Crippen LogP contribution in [0.3, 0.4) is 0 Å². The number of H-pyrrole nitrogens is 1. The third-order valence-corrected chi connectivity index (χ3v) is 6.80. The minimum absolute atomic E-state index is 0.141. The van der Waals surface area contributed by atoms with Gasteiger partial charge in [-0.3, -0.25) is 4.79 Å². The van der Waals surface area contributed by atoms with E-state index in [1.807, 2.05) is 12.4 Å². The molecule has 2 fully saturated rings. The lowest BCUT2D eigenvalue weighted by Crippen LogP contribution is -2.60. The maximum Gasteiger partial charge on any atom is 0.251 e. The second kappa shape index (κ2) is 7.44. The van der Waals surface area contributed by atoms with Crippen LogP contribution in [-0.2, 0) is 4.79 Å². The van der Waals surface area contributed by atoms with E-state index in [9.17, 15) is 4.79 Å². The average Bonchev–Trinajstić information content (AvgIpc) is 3.15. The lowest BCUT2D eigenvalue weighted by Gasteiger charge is -2.46. The van der Waals surface area contributed by atoms with Crippen LogP contribution >= 0.6 is 0 Å². The normalized spacial score (nSPS) is 25.5. The van der Waals surface area contributed by atoms with Gasteiger partial charge in [0.2, 0.25) is 0 Å². The van der Waals surface area contributed by atoms with Crippen LogP contribution in [0.4, 0.5) is 5.82 Å². The molecule has 0 aliphatic carbocycles. The Morgan fingerprint density at radius 3 is 2.90 bits per heavy atom. The number of nitrogens with zero attached hydrogens (tertiary/aromatic N) is 4.